The van der Waals surface area contributed by atoms with Crippen LogP contribution in [0.2, 0.25) is 0 Å². The van der Waals surface area contributed by atoms with Crippen molar-refractivity contribution in [2.24, 2.45) is 11.8 Å². The van der Waals surface area contributed by atoms with Gasteiger partial charge in [0.2, 0.25) is 0 Å². The van der Waals surface area contributed by atoms with E-state index in [9.17, 15) is 18.8 Å². The van der Waals surface area contributed by atoms with E-state index < -0.39 is 35.5 Å². The van der Waals surface area contributed by atoms with E-state index in [4.69, 9.17) is 9.47 Å². The van der Waals surface area contributed by atoms with Crippen molar-refractivity contribution in [2.75, 3.05) is 14.2 Å². The highest BCUT2D eigenvalue weighted by atomic mass is 79.9. The number of methoxy groups -OCH3 is 2. The number of hydrogen-bond donors (Lipinski definition) is 0. The maximum atomic E-state index is 13.2. The zero-order valence-corrected chi connectivity index (χ0v) is 17.2. The molecule has 2 rings (SSSR count). The summed E-state index contributed by atoms with van der Waals surface area (Å²) in [7, 11) is 2.34. The van der Waals surface area contributed by atoms with Crippen LogP contribution in [0.4, 0.5) is 4.39 Å². The van der Waals surface area contributed by atoms with Crippen LogP contribution in [0.25, 0.3) is 0 Å². The third kappa shape index (κ3) is 4.84. The van der Waals surface area contributed by atoms with E-state index in [-0.39, 0.29) is 11.3 Å². The third-order valence-corrected chi connectivity index (χ3v) is 5.13. The van der Waals surface area contributed by atoms with Gasteiger partial charge in [0.15, 0.2) is 11.7 Å². The molecule has 0 aliphatic rings. The molecule has 28 heavy (non-hydrogen) atoms. The van der Waals surface area contributed by atoms with E-state index in [1.807, 2.05) is 0 Å². The lowest BCUT2D eigenvalue weighted by atomic mass is 9.74. The highest BCUT2D eigenvalue weighted by molar-refractivity contribution is 9.10. The Balaban J connectivity index is 2.53. The number of Topliss-reactive ketones (excluding diaryl/α,β-unsaturated/α-hetero) is 1. The van der Waals surface area contributed by atoms with Gasteiger partial charge in [0.25, 0.3) is 0 Å². The Labute approximate surface area is 171 Å². The predicted molar refractivity (Wildman–Crippen MR) is 104 cm³/mol. The van der Waals surface area contributed by atoms with Crippen LogP contribution in [0.1, 0.15) is 28.8 Å². The molecule has 0 saturated carbocycles. The number of hydrogen-bond acceptors (Lipinski definition) is 5. The molecule has 0 aromatic heterocycles. The first kappa shape index (κ1) is 21.8. The summed E-state index contributed by atoms with van der Waals surface area (Å²) in [5.41, 5.74) is 0.886. The molecule has 0 amide bonds. The maximum Gasteiger partial charge on any atom is 0.320 e. The second kappa shape index (κ2) is 9.59. The fourth-order valence-electron chi connectivity index (χ4n) is 3.14. The minimum Gasteiger partial charge on any atom is -0.468 e. The molecule has 2 aromatic rings. The zero-order chi connectivity index (χ0) is 20.8. The average Bonchev–Trinajstić information content (AvgIpc) is 2.71. The number of rotatable bonds is 7. The summed E-state index contributed by atoms with van der Waals surface area (Å²) in [5, 5.41) is 0. The second-order valence-corrected chi connectivity index (χ2v) is 7.18. The van der Waals surface area contributed by atoms with Gasteiger partial charge < -0.3 is 9.47 Å². The number of ketones is 1. The van der Waals surface area contributed by atoms with Gasteiger partial charge in [0.05, 0.1) is 14.2 Å². The Morgan fingerprint density at radius 2 is 1.39 bits per heavy atom. The molecule has 0 radical (unpaired) electrons. The third-order valence-electron chi connectivity index (χ3n) is 4.61. The molecule has 0 saturated heterocycles. The van der Waals surface area contributed by atoms with Crippen molar-refractivity contribution >= 4 is 33.7 Å². The first-order valence-corrected chi connectivity index (χ1v) is 9.30. The van der Waals surface area contributed by atoms with E-state index in [1.54, 1.807) is 31.2 Å². The first-order chi connectivity index (χ1) is 13.3. The van der Waals surface area contributed by atoms with Crippen LogP contribution in [-0.2, 0) is 19.1 Å². The van der Waals surface area contributed by atoms with Crippen LogP contribution < -0.4 is 0 Å². The van der Waals surface area contributed by atoms with Crippen LogP contribution >= 0.6 is 15.9 Å². The molecule has 2 aromatic carbocycles. The lowest BCUT2D eigenvalue weighted by molar-refractivity contribution is -0.160. The zero-order valence-electron chi connectivity index (χ0n) is 15.6. The Morgan fingerprint density at radius 3 is 1.86 bits per heavy atom. The van der Waals surface area contributed by atoms with Crippen molar-refractivity contribution in [3.8, 4) is 0 Å². The van der Waals surface area contributed by atoms with Gasteiger partial charge in [-0.3, -0.25) is 14.4 Å². The quantitative estimate of drug-likeness (QED) is 0.360. The van der Waals surface area contributed by atoms with Gasteiger partial charge in [-0.1, -0.05) is 35.0 Å². The lowest BCUT2D eigenvalue weighted by Crippen LogP contribution is -2.37. The molecular weight excluding hydrogens is 431 g/mol. The normalized spacial score (nSPS) is 12.9. The highest BCUT2D eigenvalue weighted by Crippen LogP contribution is 2.36. The van der Waals surface area contributed by atoms with E-state index in [1.165, 1.54) is 38.5 Å². The molecule has 2 atom stereocenters. The number of esters is 2. The minimum atomic E-state index is -1.32. The summed E-state index contributed by atoms with van der Waals surface area (Å²) in [5.74, 6) is -5.31. The molecular formula is C21H20BrFO5. The minimum absolute atomic E-state index is 0.282. The standard InChI is InChI=1S/C21H20BrFO5/c1-12(19(24)14-6-10-16(23)11-7-14)17(13-4-8-15(22)9-5-13)18(20(25)27-2)21(26)28-3/h4-12,17-18H,1-3H3/t12-,17+/m0/s1. The first-order valence-electron chi connectivity index (χ1n) is 8.51. The Bertz CT molecular complexity index is 832. The van der Waals surface area contributed by atoms with Crippen LogP contribution in [0, 0.1) is 17.7 Å². The van der Waals surface area contributed by atoms with Gasteiger partial charge >= 0.3 is 11.9 Å². The predicted octanol–water partition coefficient (Wildman–Crippen LogP) is 4.15. The molecule has 0 aliphatic carbocycles. The van der Waals surface area contributed by atoms with Crippen molar-refractivity contribution in [1.29, 1.82) is 0 Å². The van der Waals surface area contributed by atoms with E-state index >= 15 is 0 Å². The van der Waals surface area contributed by atoms with Crippen molar-refractivity contribution < 1.29 is 28.2 Å². The molecule has 0 fully saturated rings. The fraction of sp³-hybridized carbons (Fsp3) is 0.286. The van der Waals surface area contributed by atoms with Crippen molar-refractivity contribution in [1.82, 2.24) is 0 Å². The average molecular weight is 451 g/mol. The van der Waals surface area contributed by atoms with Gasteiger partial charge in [0, 0.05) is 21.9 Å². The van der Waals surface area contributed by atoms with Crippen LogP contribution in [-0.4, -0.2) is 31.9 Å². The molecule has 0 unspecified atom stereocenters. The number of carbonyl (C=O) groups excluding carboxylic acids is 3. The maximum absolute atomic E-state index is 13.2. The summed E-state index contributed by atoms with van der Waals surface area (Å²) in [6.07, 6.45) is 0. The number of halogens is 2. The van der Waals surface area contributed by atoms with Crippen molar-refractivity contribution in [3.63, 3.8) is 0 Å². The van der Waals surface area contributed by atoms with E-state index in [0.29, 0.717) is 5.56 Å². The molecule has 0 heterocycles. The summed E-state index contributed by atoms with van der Waals surface area (Å²) in [4.78, 5) is 37.8. The van der Waals surface area contributed by atoms with Crippen LogP contribution in [0.5, 0.6) is 0 Å². The second-order valence-electron chi connectivity index (χ2n) is 6.26. The number of ether oxygens (including phenoxy) is 2. The van der Waals surface area contributed by atoms with Gasteiger partial charge in [-0.15, -0.1) is 0 Å². The van der Waals surface area contributed by atoms with E-state index in [2.05, 4.69) is 15.9 Å². The molecule has 0 N–H and O–H groups in total. The van der Waals surface area contributed by atoms with E-state index in [0.717, 1.165) is 4.47 Å². The Hall–Kier alpha value is -2.54. The lowest BCUT2D eigenvalue weighted by Gasteiger charge is -2.28. The molecule has 5 nitrogen and oxygen atoms in total. The summed E-state index contributed by atoms with van der Waals surface area (Å²) < 4.78 is 23.6. The molecule has 0 bridgehead atoms. The summed E-state index contributed by atoms with van der Waals surface area (Å²) in [6.45, 7) is 1.62. The largest absolute Gasteiger partial charge is 0.468 e. The van der Waals surface area contributed by atoms with Gasteiger partial charge in [-0.25, -0.2) is 4.39 Å². The Kier molecular flexibility index (Phi) is 7.45. The van der Waals surface area contributed by atoms with Crippen LogP contribution in [0.15, 0.2) is 53.0 Å². The fourth-order valence-corrected chi connectivity index (χ4v) is 3.40. The number of benzene rings is 2. The molecule has 0 spiro atoms. The Morgan fingerprint density at radius 1 is 0.893 bits per heavy atom. The van der Waals surface area contributed by atoms with Gasteiger partial charge in [-0.2, -0.15) is 0 Å². The SMILES string of the molecule is COC(=O)C(C(=O)OC)[C@@H](c1ccc(Br)cc1)[C@H](C)C(=O)c1ccc(F)cc1. The van der Waals surface area contributed by atoms with Crippen molar-refractivity contribution in [3.05, 3.63) is 69.9 Å². The van der Waals surface area contributed by atoms with Gasteiger partial charge in [0.1, 0.15) is 5.82 Å². The summed E-state index contributed by atoms with van der Waals surface area (Å²) in [6, 6.07) is 12.1. The smallest absolute Gasteiger partial charge is 0.320 e. The number of carbonyl (C=O) groups is 3. The van der Waals surface area contributed by atoms with Gasteiger partial charge in [-0.05, 0) is 42.0 Å². The molecule has 148 valence electrons. The topological polar surface area (TPSA) is 69.7 Å². The monoisotopic (exact) mass is 450 g/mol. The highest BCUT2D eigenvalue weighted by Gasteiger charge is 2.43. The molecule has 7 heteroatoms. The van der Waals surface area contributed by atoms with Crippen molar-refractivity contribution in [2.45, 2.75) is 12.8 Å². The summed E-state index contributed by atoms with van der Waals surface area (Å²) >= 11 is 3.34. The van der Waals surface area contributed by atoms with Crippen LogP contribution in [0.3, 0.4) is 0 Å². The molecule has 0 aliphatic heterocycles.